The highest BCUT2D eigenvalue weighted by molar-refractivity contribution is 5.82. The van der Waals surface area contributed by atoms with Crippen molar-refractivity contribution >= 4 is 22.7 Å². The highest BCUT2D eigenvalue weighted by atomic mass is 16.7. The van der Waals surface area contributed by atoms with Gasteiger partial charge in [0.2, 0.25) is 0 Å². The Morgan fingerprint density at radius 3 is 1.69 bits per heavy atom. The molecule has 1 aromatic carbocycles. The van der Waals surface area contributed by atoms with Gasteiger partial charge in [-0.15, -0.1) is 0 Å². The number of rotatable bonds is 8. The molecule has 0 saturated heterocycles. The summed E-state index contributed by atoms with van der Waals surface area (Å²) in [6.07, 6.45) is 0. The lowest BCUT2D eigenvalue weighted by molar-refractivity contribution is -0.787. The van der Waals surface area contributed by atoms with Crippen molar-refractivity contribution in [2.45, 2.75) is 19.5 Å². The minimum Gasteiger partial charge on any atom is -0.360 e. The normalized spacial score (nSPS) is 10.8. The lowest BCUT2D eigenvalue weighted by Gasteiger charge is -2.14. The molecular weight excluding hydrogens is 364 g/mol. The Bertz CT molecular complexity index is 822. The zero-order valence-corrected chi connectivity index (χ0v) is 13.1. The molecule has 1 N–H and O–H groups in total. The Balaban J connectivity index is 3.68. The van der Waals surface area contributed by atoms with E-state index in [1.54, 1.807) is 0 Å². The molecule has 0 spiro atoms. The average Bonchev–Trinajstić information content (AvgIpc) is 2.50. The summed E-state index contributed by atoms with van der Waals surface area (Å²) in [7, 11) is 0. The van der Waals surface area contributed by atoms with E-state index in [1.165, 1.54) is 0 Å². The quantitative estimate of drug-likeness (QED) is 0.388. The van der Waals surface area contributed by atoms with Crippen LogP contribution in [-0.2, 0) is 0 Å². The van der Waals surface area contributed by atoms with Crippen LogP contribution in [0.2, 0.25) is 0 Å². The van der Waals surface area contributed by atoms with E-state index >= 15 is 0 Å². The van der Waals surface area contributed by atoms with Gasteiger partial charge in [0.05, 0.1) is 21.7 Å². The maximum Gasteiger partial charge on any atom is 0.472 e. The molecule has 26 heavy (non-hydrogen) atoms. The van der Waals surface area contributed by atoms with E-state index in [1.807, 2.05) is 5.32 Å². The van der Waals surface area contributed by atoms with Gasteiger partial charge < -0.3 is 5.32 Å². The van der Waals surface area contributed by atoms with E-state index in [0.717, 1.165) is 6.92 Å². The largest absolute Gasteiger partial charge is 0.472 e. The maximum absolute atomic E-state index is 11.2. The minimum atomic E-state index is -2.89. The summed E-state index contributed by atoms with van der Waals surface area (Å²) in [5, 5.41) is 57.1. The lowest BCUT2D eigenvalue weighted by atomic mass is 10.1. The molecular formula is C10H10N6O10. The van der Waals surface area contributed by atoms with Crippen molar-refractivity contribution in [3.63, 3.8) is 0 Å². The molecule has 16 nitrogen and oxygen atoms in total. The average molecular weight is 374 g/mol. The summed E-state index contributed by atoms with van der Waals surface area (Å²) in [6, 6.07) is 0.656. The molecule has 0 atom stereocenters. The van der Waals surface area contributed by atoms with Gasteiger partial charge in [-0.2, -0.15) is 0 Å². The fourth-order valence-electron chi connectivity index (χ4n) is 1.95. The van der Waals surface area contributed by atoms with Crippen molar-refractivity contribution < 1.29 is 24.6 Å². The number of hydrogen-bond donors (Lipinski definition) is 1. The topological polar surface area (TPSA) is 228 Å². The third kappa shape index (κ3) is 3.42. The molecule has 0 unspecified atom stereocenters. The number of aryl methyl sites for hydroxylation is 1. The third-order valence-corrected chi connectivity index (χ3v) is 3.39. The van der Waals surface area contributed by atoms with E-state index in [4.69, 9.17) is 0 Å². The highest BCUT2D eigenvalue weighted by Crippen LogP contribution is 2.43. The fourth-order valence-corrected chi connectivity index (χ4v) is 1.95. The summed E-state index contributed by atoms with van der Waals surface area (Å²) < 4.78 is 0. The van der Waals surface area contributed by atoms with Crippen LogP contribution >= 0.6 is 0 Å². The Morgan fingerprint density at radius 2 is 1.35 bits per heavy atom. The van der Waals surface area contributed by atoms with Crippen molar-refractivity contribution in [3.05, 3.63) is 62.2 Å². The summed E-state index contributed by atoms with van der Waals surface area (Å²) in [5.74, 6) is 0. The number of nitro groups is 5. The van der Waals surface area contributed by atoms with Crippen molar-refractivity contribution in [2.24, 2.45) is 0 Å². The van der Waals surface area contributed by atoms with E-state index in [-0.39, 0.29) is 0 Å². The van der Waals surface area contributed by atoms with Crippen molar-refractivity contribution in [3.8, 4) is 0 Å². The minimum absolute atomic E-state index is 0.398. The summed E-state index contributed by atoms with van der Waals surface area (Å²) in [5.41, 5.74) is -7.71. The van der Waals surface area contributed by atoms with Crippen LogP contribution in [0.4, 0.5) is 22.7 Å². The molecule has 1 aromatic rings. The smallest absolute Gasteiger partial charge is 0.360 e. The Hall–Kier alpha value is -3.98. The number of nitrogens with zero attached hydrogens (tertiary/aromatic N) is 5. The predicted octanol–water partition coefficient (Wildman–Crippen LogP) is 1.40. The number of hydrogen-bond acceptors (Lipinski definition) is 11. The van der Waals surface area contributed by atoms with Gasteiger partial charge in [-0.3, -0.25) is 50.6 Å². The van der Waals surface area contributed by atoms with Gasteiger partial charge in [-0.05, 0) is 6.92 Å². The molecule has 140 valence electrons. The standard InChI is InChI=1S/C10H10N6O10/c1-5-3-6(12(17)18)7(9(14(21)22)8(5)13(19)20)11-4-10(2,15(23)24)16(25)26/h3,11H,4H2,1-2H3. The van der Waals surface area contributed by atoms with E-state index in [9.17, 15) is 50.6 Å². The van der Waals surface area contributed by atoms with Crippen LogP contribution < -0.4 is 5.32 Å². The first-order chi connectivity index (χ1) is 11.8. The molecule has 0 fully saturated rings. The molecule has 0 aliphatic rings. The maximum atomic E-state index is 11.2. The van der Waals surface area contributed by atoms with Gasteiger partial charge in [-0.25, -0.2) is 0 Å². The summed E-state index contributed by atoms with van der Waals surface area (Å²) in [4.78, 5) is 49.1. The zero-order chi connectivity index (χ0) is 20.4. The number of anilines is 1. The predicted molar refractivity (Wildman–Crippen MR) is 82.0 cm³/mol. The van der Waals surface area contributed by atoms with Crippen LogP contribution in [0.1, 0.15) is 12.5 Å². The van der Waals surface area contributed by atoms with Crippen LogP contribution in [0, 0.1) is 57.5 Å². The van der Waals surface area contributed by atoms with Crippen molar-refractivity contribution in [1.29, 1.82) is 0 Å². The van der Waals surface area contributed by atoms with E-state index < -0.39 is 65.1 Å². The first-order valence-electron chi connectivity index (χ1n) is 6.48. The summed E-state index contributed by atoms with van der Waals surface area (Å²) >= 11 is 0. The fraction of sp³-hybridized carbons (Fsp3) is 0.400. The van der Waals surface area contributed by atoms with Gasteiger partial charge in [0, 0.05) is 11.6 Å². The first kappa shape index (κ1) is 20.1. The van der Waals surface area contributed by atoms with Crippen molar-refractivity contribution in [1.82, 2.24) is 0 Å². The van der Waals surface area contributed by atoms with Crippen LogP contribution in [-0.4, -0.2) is 36.8 Å². The van der Waals surface area contributed by atoms with E-state index in [0.29, 0.717) is 13.0 Å². The molecule has 0 saturated carbocycles. The third-order valence-electron chi connectivity index (χ3n) is 3.39. The molecule has 0 heterocycles. The molecule has 0 aromatic heterocycles. The Morgan fingerprint density at radius 1 is 0.885 bits per heavy atom. The monoisotopic (exact) mass is 374 g/mol. The number of nitrogens with one attached hydrogen (secondary N) is 1. The van der Waals surface area contributed by atoms with Gasteiger partial charge in [0.25, 0.3) is 5.69 Å². The second-order valence-corrected chi connectivity index (χ2v) is 5.14. The van der Waals surface area contributed by atoms with Crippen molar-refractivity contribution in [2.75, 3.05) is 11.9 Å². The molecule has 1 rings (SSSR count). The molecule has 0 radical (unpaired) electrons. The first-order valence-corrected chi connectivity index (χ1v) is 6.48. The van der Waals surface area contributed by atoms with Gasteiger partial charge in [-0.1, -0.05) is 0 Å². The Kier molecular flexibility index (Phi) is 5.30. The van der Waals surface area contributed by atoms with Crippen LogP contribution in [0.25, 0.3) is 0 Å². The van der Waals surface area contributed by atoms with Crippen LogP contribution in [0.5, 0.6) is 0 Å². The molecule has 0 aliphatic carbocycles. The van der Waals surface area contributed by atoms with Gasteiger partial charge >= 0.3 is 17.0 Å². The highest BCUT2D eigenvalue weighted by Gasteiger charge is 2.51. The lowest BCUT2D eigenvalue weighted by Crippen LogP contribution is -2.49. The van der Waals surface area contributed by atoms with Gasteiger partial charge in [0.15, 0.2) is 12.2 Å². The molecule has 0 aliphatic heterocycles. The Labute approximate surface area is 142 Å². The zero-order valence-electron chi connectivity index (χ0n) is 13.1. The molecule has 0 amide bonds. The van der Waals surface area contributed by atoms with E-state index in [2.05, 4.69) is 0 Å². The number of nitro benzene ring substituents is 3. The second-order valence-electron chi connectivity index (χ2n) is 5.14. The summed E-state index contributed by atoms with van der Waals surface area (Å²) in [6.45, 7) is 0.398. The van der Waals surface area contributed by atoms with Crippen LogP contribution in [0.3, 0.4) is 0 Å². The molecule has 16 heteroatoms. The number of benzene rings is 1. The van der Waals surface area contributed by atoms with Crippen LogP contribution in [0.15, 0.2) is 6.07 Å². The SMILES string of the molecule is Cc1cc([N+](=O)[O-])c(NCC(C)([N+](=O)[O-])[N+](=O)[O-])c([N+](=O)[O-])c1[N+](=O)[O-]. The van der Waals surface area contributed by atoms with Gasteiger partial charge in [0.1, 0.15) is 9.85 Å². The second kappa shape index (κ2) is 6.87. The molecule has 0 bridgehead atoms.